The topological polar surface area (TPSA) is 66.8 Å². The van der Waals surface area contributed by atoms with E-state index in [0.29, 0.717) is 4.47 Å². The van der Waals surface area contributed by atoms with Crippen molar-refractivity contribution >= 4 is 27.8 Å². The van der Waals surface area contributed by atoms with E-state index in [1.165, 1.54) is 17.0 Å². The molecule has 1 unspecified atom stereocenters. The third-order valence-electron chi connectivity index (χ3n) is 2.93. The van der Waals surface area contributed by atoms with Gasteiger partial charge in [-0.3, -0.25) is 4.79 Å². The number of rotatable bonds is 2. The zero-order chi connectivity index (χ0) is 14.9. The maximum Gasteiger partial charge on any atom is 0.334 e. The lowest BCUT2D eigenvalue weighted by atomic mass is 10.1. The largest absolute Gasteiger partial charge is 0.479 e. The van der Waals surface area contributed by atoms with Gasteiger partial charge in [-0.25, -0.2) is 9.18 Å². The van der Waals surface area contributed by atoms with Crippen molar-refractivity contribution in [1.29, 1.82) is 0 Å². The van der Waals surface area contributed by atoms with Crippen LogP contribution in [0.4, 0.5) is 4.39 Å². The number of ether oxygens (including phenoxy) is 1. The lowest BCUT2D eigenvalue weighted by Crippen LogP contribution is -2.51. The van der Waals surface area contributed by atoms with Gasteiger partial charge in [0.2, 0.25) is 0 Å². The first kappa shape index (κ1) is 14.9. The van der Waals surface area contributed by atoms with E-state index >= 15 is 0 Å². The number of hydrogen-bond donors (Lipinski definition) is 1. The molecule has 0 spiro atoms. The smallest absolute Gasteiger partial charge is 0.334 e. The van der Waals surface area contributed by atoms with Gasteiger partial charge in [0.15, 0.2) is 6.10 Å². The molecular weight excluding hydrogens is 333 g/mol. The van der Waals surface area contributed by atoms with Gasteiger partial charge in [0.05, 0.1) is 12.6 Å². The summed E-state index contributed by atoms with van der Waals surface area (Å²) in [6.45, 7) is 1.92. The Balaban J connectivity index is 2.21. The highest BCUT2D eigenvalue weighted by molar-refractivity contribution is 9.10. The van der Waals surface area contributed by atoms with Crippen LogP contribution in [-0.2, 0) is 9.53 Å². The molecular formula is C13H13BrFNO4. The third-order valence-corrected chi connectivity index (χ3v) is 3.39. The maximum absolute atomic E-state index is 13.3. The molecule has 1 amide bonds. The molecule has 1 aliphatic heterocycles. The first-order valence-electron chi connectivity index (χ1n) is 6.00. The van der Waals surface area contributed by atoms with Crippen LogP contribution in [0, 0.1) is 5.82 Å². The second kappa shape index (κ2) is 5.88. The molecule has 1 N–H and O–H groups in total. The summed E-state index contributed by atoms with van der Waals surface area (Å²) < 4.78 is 19.0. The Kier molecular flexibility index (Phi) is 4.39. The van der Waals surface area contributed by atoms with E-state index in [2.05, 4.69) is 15.9 Å². The number of carbonyl (C=O) groups excluding carboxylic acids is 1. The van der Waals surface area contributed by atoms with Crippen LogP contribution in [0.25, 0.3) is 0 Å². The zero-order valence-electron chi connectivity index (χ0n) is 10.7. The first-order valence-corrected chi connectivity index (χ1v) is 6.79. The molecule has 1 aliphatic rings. The minimum absolute atomic E-state index is 0.0490. The van der Waals surface area contributed by atoms with Crippen molar-refractivity contribution < 1.29 is 23.8 Å². The summed E-state index contributed by atoms with van der Waals surface area (Å²) in [6, 6.07) is 3.88. The highest BCUT2D eigenvalue weighted by atomic mass is 79.9. The fourth-order valence-corrected chi connectivity index (χ4v) is 2.58. The molecule has 2 atom stereocenters. The molecule has 1 saturated heterocycles. The normalized spacial score (nSPS) is 22.6. The molecule has 2 rings (SSSR count). The average molecular weight is 346 g/mol. The average Bonchev–Trinajstić information content (AvgIpc) is 2.35. The number of nitrogens with zero attached hydrogens (tertiary/aromatic N) is 1. The summed E-state index contributed by atoms with van der Waals surface area (Å²) in [5.41, 5.74) is 0.176. The van der Waals surface area contributed by atoms with Crippen molar-refractivity contribution in [3.63, 3.8) is 0 Å². The van der Waals surface area contributed by atoms with Gasteiger partial charge in [-0.05, 0) is 25.1 Å². The summed E-state index contributed by atoms with van der Waals surface area (Å²) in [5.74, 6) is -2.06. The first-order chi connectivity index (χ1) is 9.36. The molecule has 20 heavy (non-hydrogen) atoms. The molecule has 1 heterocycles. The van der Waals surface area contributed by atoms with Crippen LogP contribution in [-0.4, -0.2) is 47.2 Å². The van der Waals surface area contributed by atoms with Gasteiger partial charge < -0.3 is 14.7 Å². The van der Waals surface area contributed by atoms with Crippen molar-refractivity contribution in [3.05, 3.63) is 34.1 Å². The molecule has 108 valence electrons. The Morgan fingerprint density at radius 3 is 2.70 bits per heavy atom. The highest BCUT2D eigenvalue weighted by Gasteiger charge is 2.33. The van der Waals surface area contributed by atoms with Crippen molar-refractivity contribution in [2.45, 2.75) is 19.1 Å². The monoisotopic (exact) mass is 345 g/mol. The number of halogens is 2. The number of carboxylic acid groups (broad SMARTS) is 1. The number of benzene rings is 1. The Labute approximate surface area is 123 Å². The van der Waals surface area contributed by atoms with Crippen LogP contribution >= 0.6 is 15.9 Å². The number of morpholine rings is 1. The molecule has 0 saturated carbocycles. The van der Waals surface area contributed by atoms with E-state index in [1.54, 1.807) is 6.92 Å². The predicted molar refractivity (Wildman–Crippen MR) is 72.0 cm³/mol. The summed E-state index contributed by atoms with van der Waals surface area (Å²) in [7, 11) is 0. The molecule has 7 heteroatoms. The molecule has 0 radical (unpaired) electrons. The number of carboxylic acids is 1. The summed E-state index contributed by atoms with van der Waals surface area (Å²) in [6.07, 6.45) is -1.44. The van der Waals surface area contributed by atoms with Gasteiger partial charge in [0.1, 0.15) is 5.82 Å². The summed E-state index contributed by atoms with van der Waals surface area (Å²) >= 11 is 3.12. The van der Waals surface area contributed by atoms with Crippen LogP contribution < -0.4 is 0 Å². The molecule has 0 bridgehead atoms. The van der Waals surface area contributed by atoms with Crippen molar-refractivity contribution in [3.8, 4) is 0 Å². The number of hydrogen-bond acceptors (Lipinski definition) is 3. The van der Waals surface area contributed by atoms with E-state index in [0.717, 1.165) is 6.07 Å². The highest BCUT2D eigenvalue weighted by Crippen LogP contribution is 2.19. The Hall–Kier alpha value is -1.47. The van der Waals surface area contributed by atoms with E-state index in [9.17, 15) is 14.0 Å². The SMILES string of the molecule is C[C@@H]1CN(C(=O)c2cc(F)cc(Br)c2)CC(C(=O)O)O1. The number of amides is 1. The van der Waals surface area contributed by atoms with Gasteiger partial charge in [-0.1, -0.05) is 15.9 Å². The minimum atomic E-state index is -1.12. The third kappa shape index (κ3) is 3.34. The van der Waals surface area contributed by atoms with Gasteiger partial charge >= 0.3 is 5.97 Å². The van der Waals surface area contributed by atoms with Crippen molar-refractivity contribution in [2.75, 3.05) is 13.1 Å². The minimum Gasteiger partial charge on any atom is -0.479 e. The molecule has 0 aliphatic carbocycles. The fourth-order valence-electron chi connectivity index (χ4n) is 2.11. The van der Waals surface area contributed by atoms with E-state index in [1.807, 2.05) is 0 Å². The number of aliphatic carboxylic acids is 1. The summed E-state index contributed by atoms with van der Waals surface area (Å²) in [5, 5.41) is 8.98. The Morgan fingerprint density at radius 2 is 2.10 bits per heavy atom. The standard InChI is InChI=1S/C13H13BrFNO4/c1-7-5-16(6-11(20-7)13(18)19)12(17)8-2-9(14)4-10(15)3-8/h2-4,7,11H,5-6H2,1H3,(H,18,19)/t7-,11?/m1/s1. The van der Waals surface area contributed by atoms with Gasteiger partial charge in [0.25, 0.3) is 5.91 Å². The van der Waals surface area contributed by atoms with E-state index in [4.69, 9.17) is 9.84 Å². The van der Waals surface area contributed by atoms with Crippen LogP contribution in [0.2, 0.25) is 0 Å². The van der Waals surface area contributed by atoms with Crippen LogP contribution in [0.1, 0.15) is 17.3 Å². The summed E-state index contributed by atoms with van der Waals surface area (Å²) in [4.78, 5) is 24.7. The fraction of sp³-hybridized carbons (Fsp3) is 0.385. The Bertz CT molecular complexity index is 531. The number of carbonyl (C=O) groups is 2. The van der Waals surface area contributed by atoms with Crippen LogP contribution in [0.5, 0.6) is 0 Å². The van der Waals surface area contributed by atoms with Gasteiger partial charge in [-0.15, -0.1) is 0 Å². The maximum atomic E-state index is 13.3. The Morgan fingerprint density at radius 1 is 1.40 bits per heavy atom. The lowest BCUT2D eigenvalue weighted by molar-refractivity contribution is -0.160. The second-order valence-electron chi connectivity index (χ2n) is 4.64. The predicted octanol–water partition coefficient (Wildman–Crippen LogP) is 1.90. The van der Waals surface area contributed by atoms with E-state index < -0.39 is 23.8 Å². The van der Waals surface area contributed by atoms with Crippen LogP contribution in [0.15, 0.2) is 22.7 Å². The lowest BCUT2D eigenvalue weighted by Gasteiger charge is -2.35. The van der Waals surface area contributed by atoms with Gasteiger partial charge in [0, 0.05) is 16.6 Å². The molecule has 1 aromatic carbocycles. The second-order valence-corrected chi connectivity index (χ2v) is 5.56. The van der Waals surface area contributed by atoms with Crippen LogP contribution in [0.3, 0.4) is 0 Å². The molecule has 5 nitrogen and oxygen atoms in total. The molecule has 1 fully saturated rings. The van der Waals surface area contributed by atoms with Crippen molar-refractivity contribution in [2.24, 2.45) is 0 Å². The molecule has 0 aromatic heterocycles. The van der Waals surface area contributed by atoms with E-state index in [-0.39, 0.29) is 24.8 Å². The van der Waals surface area contributed by atoms with Crippen molar-refractivity contribution in [1.82, 2.24) is 4.90 Å². The van der Waals surface area contributed by atoms with Gasteiger partial charge in [-0.2, -0.15) is 0 Å². The quantitative estimate of drug-likeness (QED) is 0.888. The zero-order valence-corrected chi connectivity index (χ0v) is 12.3. The molecule has 1 aromatic rings.